The summed E-state index contributed by atoms with van der Waals surface area (Å²) in [4.78, 5) is 12.0. The average molecular weight is 1280 g/mol. The molecule has 5 saturated heterocycles. The fourth-order valence-electron chi connectivity index (χ4n) is 12.2. The lowest BCUT2D eigenvalue weighted by Gasteiger charge is -2.52. The molecule has 1 N–H and O–H groups in total. The molecule has 0 spiro atoms. The second-order valence-electron chi connectivity index (χ2n) is 22.7. The van der Waals surface area contributed by atoms with Crippen LogP contribution in [0.2, 0.25) is 0 Å². The topological polar surface area (TPSA) is 260 Å². The normalized spacial score (nSPS) is 38.1. The Morgan fingerprint density at radius 3 is 1.18 bits per heavy atom. The molecule has 0 aromatic carbocycles. The van der Waals surface area contributed by atoms with Gasteiger partial charge in [-0.2, -0.15) is 0 Å². The van der Waals surface area contributed by atoms with E-state index in [1.807, 2.05) is 34.6 Å². The molecule has 0 aromatic rings. The zero-order valence-corrected chi connectivity index (χ0v) is 55.8. The Hall–Kier alpha value is -1.53. The highest BCUT2D eigenvalue weighted by molar-refractivity contribution is 5.77. The van der Waals surface area contributed by atoms with Crippen LogP contribution in [-0.2, 0) is 123 Å². The van der Waals surface area contributed by atoms with Gasteiger partial charge in [-0.3, -0.25) is 4.79 Å². The lowest BCUT2D eigenvalue weighted by Crippen LogP contribution is -2.66. The second-order valence-corrected chi connectivity index (χ2v) is 22.7. The Bertz CT molecular complexity index is 1820. The third-order valence-corrected chi connectivity index (χ3v) is 17.2. The number of rotatable bonds is 43. The van der Waals surface area contributed by atoms with E-state index in [4.69, 9.17) is 118 Å². The zero-order valence-electron chi connectivity index (χ0n) is 55.8. The number of ether oxygens (including phenoxy) is 25. The minimum atomic E-state index is -0.893. The van der Waals surface area contributed by atoms with E-state index in [0.29, 0.717) is 105 Å². The summed E-state index contributed by atoms with van der Waals surface area (Å²) in [5, 5.41) is 2.75. The minimum absolute atomic E-state index is 0.0552. The summed E-state index contributed by atoms with van der Waals surface area (Å²) in [6, 6.07) is 0. The maximum Gasteiger partial charge on any atom is 0.246 e. The van der Waals surface area contributed by atoms with Crippen LogP contribution in [0, 0.1) is 17.8 Å². The van der Waals surface area contributed by atoms with Gasteiger partial charge in [0.1, 0.15) is 67.6 Å². The van der Waals surface area contributed by atoms with Gasteiger partial charge in [-0.1, -0.05) is 41.5 Å². The molecule has 88 heavy (non-hydrogen) atoms. The van der Waals surface area contributed by atoms with Gasteiger partial charge in [0.05, 0.1) is 129 Å². The maximum absolute atomic E-state index is 12.0. The molecule has 0 aromatic heterocycles. The van der Waals surface area contributed by atoms with E-state index in [2.05, 4.69) is 26.1 Å². The fraction of sp³-hybridized carbons (Fsp3) is 0.984. The highest BCUT2D eigenvalue weighted by Gasteiger charge is 2.56. The molecular formula is C61H113NO26. The van der Waals surface area contributed by atoms with Gasteiger partial charge in [0, 0.05) is 82.4 Å². The number of nitrogens with one attached hydrogen (secondary N) is 1. The molecule has 5 rings (SSSR count). The smallest absolute Gasteiger partial charge is 0.246 e. The molecule has 27 heteroatoms. The molecule has 1 amide bonds. The molecule has 5 aliphatic heterocycles. The molecule has 0 unspecified atom stereocenters. The van der Waals surface area contributed by atoms with Crippen LogP contribution < -0.4 is 5.32 Å². The molecule has 518 valence electrons. The first-order valence-corrected chi connectivity index (χ1v) is 31.6. The van der Waals surface area contributed by atoms with Gasteiger partial charge in [-0.15, -0.1) is 0 Å². The summed E-state index contributed by atoms with van der Waals surface area (Å²) in [7, 11) is 14.6. The summed E-state index contributed by atoms with van der Waals surface area (Å²) in [5.74, 6) is -0.580. The van der Waals surface area contributed by atoms with Crippen LogP contribution in [-0.4, -0.2) is 304 Å². The van der Waals surface area contributed by atoms with Gasteiger partial charge >= 0.3 is 0 Å². The van der Waals surface area contributed by atoms with Crippen molar-refractivity contribution in [3.63, 3.8) is 0 Å². The molecule has 0 bridgehead atoms. The number of carbonyl (C=O) groups is 1. The lowest BCUT2D eigenvalue weighted by molar-refractivity contribution is -0.384. The van der Waals surface area contributed by atoms with Gasteiger partial charge in [-0.05, 0) is 39.0 Å². The van der Waals surface area contributed by atoms with Crippen LogP contribution in [0.5, 0.6) is 0 Å². The van der Waals surface area contributed by atoms with Crippen LogP contribution in [0.15, 0.2) is 0 Å². The fourth-order valence-corrected chi connectivity index (χ4v) is 12.2. The molecule has 5 heterocycles. The monoisotopic (exact) mass is 1280 g/mol. The summed E-state index contributed by atoms with van der Waals surface area (Å²) in [5.41, 5.74) is 0. The van der Waals surface area contributed by atoms with E-state index in [1.54, 1.807) is 64.0 Å². The van der Waals surface area contributed by atoms with E-state index in [-0.39, 0.29) is 49.1 Å². The molecule has 0 aliphatic carbocycles. The molecule has 0 saturated carbocycles. The van der Waals surface area contributed by atoms with Crippen molar-refractivity contribution in [3.05, 3.63) is 0 Å². The SMILES string of the molecule is CC[C@H]1O[C@H](O[C@H]2[C@H](OC)[C@@H](OC)[C@H](O[C@H]3[C@H](OC)[C@@H](C)[C@@H](OC)O[C@@H]3CC)O[C@H]2C)[C@H](C)[C@@H](C)[C@@H]1O[C@@H]1O[C@H](C)[C@@H](O[C@H]2O[C@H](CC)[C@@H](OCCOCCOCCOCCNC(=O)COCCOCCOCCOC)[C@H](OC)[C@H]2OC)[C@H](OC)[C@H]1OC. The molecule has 0 radical (unpaired) electrons. The third kappa shape index (κ3) is 21.8. The third-order valence-electron chi connectivity index (χ3n) is 17.2. The Morgan fingerprint density at radius 1 is 0.330 bits per heavy atom. The summed E-state index contributed by atoms with van der Waals surface area (Å²) in [6.45, 7) is 21.6. The highest BCUT2D eigenvalue weighted by atomic mass is 16.8. The van der Waals surface area contributed by atoms with E-state index in [0.717, 1.165) is 0 Å². The summed E-state index contributed by atoms with van der Waals surface area (Å²) >= 11 is 0. The quantitative estimate of drug-likeness (QED) is 0.0859. The minimum Gasteiger partial charge on any atom is -0.382 e. The Balaban J connectivity index is 1.06. The predicted octanol–water partition coefficient (Wildman–Crippen LogP) is 3.33. The van der Waals surface area contributed by atoms with Crippen molar-refractivity contribution in [2.75, 3.05) is 163 Å². The molecule has 25 atom stereocenters. The van der Waals surface area contributed by atoms with E-state index < -0.39 is 123 Å². The van der Waals surface area contributed by atoms with Crippen molar-refractivity contribution >= 4 is 5.91 Å². The Kier molecular flexibility index (Phi) is 36.9. The van der Waals surface area contributed by atoms with Crippen LogP contribution in [0.3, 0.4) is 0 Å². The van der Waals surface area contributed by atoms with Crippen molar-refractivity contribution in [1.29, 1.82) is 0 Å². The van der Waals surface area contributed by atoms with Gasteiger partial charge < -0.3 is 124 Å². The van der Waals surface area contributed by atoms with Crippen LogP contribution in [0.1, 0.15) is 74.7 Å². The molecule has 5 aliphatic rings. The van der Waals surface area contributed by atoms with E-state index >= 15 is 0 Å². The predicted molar refractivity (Wildman–Crippen MR) is 315 cm³/mol. The average Bonchev–Trinajstić information content (AvgIpc) is 1.12. The van der Waals surface area contributed by atoms with Crippen LogP contribution >= 0.6 is 0 Å². The van der Waals surface area contributed by atoms with Crippen molar-refractivity contribution in [3.8, 4) is 0 Å². The number of hydrogen-bond acceptors (Lipinski definition) is 26. The summed E-state index contributed by atoms with van der Waals surface area (Å²) in [6.07, 6.45) is -10.8. The largest absolute Gasteiger partial charge is 0.382 e. The van der Waals surface area contributed by atoms with Gasteiger partial charge in [0.15, 0.2) is 31.5 Å². The first kappa shape index (κ1) is 77.2. The number of hydrogen-bond donors (Lipinski definition) is 1. The van der Waals surface area contributed by atoms with Gasteiger partial charge in [-0.25, -0.2) is 0 Å². The first-order chi connectivity index (χ1) is 42.7. The standard InChI is InChI=1S/C61H113NO26/c1-18-41-45(36(4)37(5)58(83-41)86-47-39(7)81-60(55(70-15)51(47)66-11)88-50-43(20-3)82-57(72-17)38(6)46(50)65-10)85-59-54(69-14)52(67-12)48(40(8)80-59)87-61-56(71-16)53(68-13)49(42(19-2)84-61)79-34-33-77-30-29-75-26-25-73-22-21-62-44(63)35-78-32-31-76-28-27-74-24-23-64-9/h36-43,45-61H,18-35H2,1-17H3,(H,62,63)/t36-,37-,38-,39+,40-,41-,42-,43-,45+,46-,47-,48-,49-,50-,51+,52+,53+,54-,55-,56-,57+,58-,59+,60+,61-/m1/s1. The van der Waals surface area contributed by atoms with Crippen molar-refractivity contribution in [2.45, 2.75) is 210 Å². The van der Waals surface area contributed by atoms with Gasteiger partial charge in [0.2, 0.25) is 5.91 Å². The van der Waals surface area contributed by atoms with Gasteiger partial charge in [0.25, 0.3) is 0 Å². The van der Waals surface area contributed by atoms with Crippen LogP contribution in [0.25, 0.3) is 0 Å². The number of amides is 1. The Labute approximate surface area is 523 Å². The van der Waals surface area contributed by atoms with E-state index in [1.165, 1.54) is 0 Å². The first-order valence-electron chi connectivity index (χ1n) is 31.6. The highest BCUT2D eigenvalue weighted by Crippen LogP contribution is 2.42. The van der Waals surface area contributed by atoms with Crippen molar-refractivity contribution in [2.24, 2.45) is 17.8 Å². The summed E-state index contributed by atoms with van der Waals surface area (Å²) < 4.78 is 153. The molecule has 5 fully saturated rings. The molecular weight excluding hydrogens is 1160 g/mol. The second kappa shape index (κ2) is 42.0. The maximum atomic E-state index is 12.0. The van der Waals surface area contributed by atoms with E-state index in [9.17, 15) is 4.79 Å². The Morgan fingerprint density at radius 2 is 0.705 bits per heavy atom. The molecule has 27 nitrogen and oxygen atoms in total. The van der Waals surface area contributed by atoms with Crippen LogP contribution in [0.4, 0.5) is 0 Å². The number of methoxy groups -OCH3 is 9. The number of carbonyl (C=O) groups excluding carboxylic acids is 1. The van der Waals surface area contributed by atoms with Crippen molar-refractivity contribution in [1.82, 2.24) is 5.32 Å². The zero-order chi connectivity index (χ0) is 64.1. The van der Waals surface area contributed by atoms with Crippen molar-refractivity contribution < 1.29 is 123 Å². The lowest BCUT2D eigenvalue weighted by atomic mass is 9.83.